The number of carbonyl (C=O) groups is 1. The van der Waals surface area contributed by atoms with Crippen molar-refractivity contribution in [2.75, 3.05) is 5.75 Å². The number of halogens is 2. The van der Waals surface area contributed by atoms with Crippen LogP contribution in [0.5, 0.6) is 5.75 Å². The molecule has 0 radical (unpaired) electrons. The molecule has 2 N–H and O–H groups in total. The molecule has 1 heterocycles. The third-order valence-corrected chi connectivity index (χ3v) is 4.10. The van der Waals surface area contributed by atoms with Crippen molar-refractivity contribution in [2.45, 2.75) is 5.03 Å². The summed E-state index contributed by atoms with van der Waals surface area (Å²) >= 11 is 12.8. The molecule has 0 atom stereocenters. The number of nitrogens with one attached hydrogen (secondary N) is 1. The predicted molar refractivity (Wildman–Crippen MR) is 88.8 cm³/mol. The highest BCUT2D eigenvalue weighted by atomic mass is 35.5. The molecule has 1 aromatic heterocycles. The van der Waals surface area contributed by atoms with E-state index in [2.05, 4.69) is 15.5 Å². The Morgan fingerprint density at radius 1 is 1.36 bits per heavy atom. The molecule has 0 spiro atoms. The Labute approximate surface area is 141 Å². The number of carbonyl (C=O) groups excluding carboxylic acids is 1. The molecule has 0 unspecified atom stereocenters. The van der Waals surface area contributed by atoms with Crippen LogP contribution >= 0.6 is 35.0 Å². The number of amides is 1. The fourth-order valence-electron chi connectivity index (χ4n) is 1.42. The monoisotopic (exact) mass is 355 g/mol. The number of rotatable bonds is 5. The molecule has 22 heavy (non-hydrogen) atoms. The number of hydrogen-bond acceptors (Lipinski definition) is 5. The van der Waals surface area contributed by atoms with Gasteiger partial charge in [-0.15, -0.1) is 0 Å². The molecule has 1 aromatic carbocycles. The maximum Gasteiger partial charge on any atom is 0.250 e. The lowest BCUT2D eigenvalue weighted by Gasteiger charge is -2.02. The van der Waals surface area contributed by atoms with Gasteiger partial charge in [0.25, 0.3) is 0 Å². The topological polar surface area (TPSA) is 74.6 Å². The van der Waals surface area contributed by atoms with Crippen molar-refractivity contribution in [3.8, 4) is 5.75 Å². The van der Waals surface area contributed by atoms with Gasteiger partial charge in [-0.3, -0.25) is 4.79 Å². The second-order valence-electron chi connectivity index (χ2n) is 4.08. The van der Waals surface area contributed by atoms with Gasteiger partial charge in [-0.05, 0) is 18.2 Å². The predicted octanol–water partition coefficient (Wildman–Crippen LogP) is 3.34. The van der Waals surface area contributed by atoms with Gasteiger partial charge in [0.1, 0.15) is 5.75 Å². The lowest BCUT2D eigenvalue weighted by atomic mass is 10.2. The molecular formula is C14H11Cl2N3O2S. The molecule has 8 heteroatoms. The summed E-state index contributed by atoms with van der Waals surface area (Å²) in [6.07, 6.45) is 2.80. The number of phenols is 1. The Morgan fingerprint density at radius 2 is 2.14 bits per heavy atom. The summed E-state index contributed by atoms with van der Waals surface area (Å²) in [6, 6.07) is 8.27. The molecule has 0 saturated heterocycles. The lowest BCUT2D eigenvalue weighted by molar-refractivity contribution is -0.118. The minimum absolute atomic E-state index is 0.0925. The van der Waals surface area contributed by atoms with Crippen LogP contribution in [0.4, 0.5) is 0 Å². The van der Waals surface area contributed by atoms with Gasteiger partial charge in [-0.2, -0.15) is 5.10 Å². The Morgan fingerprint density at radius 3 is 2.86 bits per heavy atom. The number of hydrogen-bond donors (Lipinski definition) is 2. The molecule has 0 aliphatic heterocycles. The minimum atomic E-state index is -0.301. The first-order valence-electron chi connectivity index (χ1n) is 6.10. The number of thioether (sulfide) groups is 1. The summed E-state index contributed by atoms with van der Waals surface area (Å²) in [5.41, 5.74) is 2.88. The van der Waals surface area contributed by atoms with Crippen molar-refractivity contribution in [3.63, 3.8) is 0 Å². The van der Waals surface area contributed by atoms with Crippen LogP contribution in [-0.4, -0.2) is 28.0 Å². The Kier molecular flexibility index (Phi) is 6.06. The van der Waals surface area contributed by atoms with Gasteiger partial charge < -0.3 is 5.11 Å². The average molecular weight is 356 g/mol. The highest BCUT2D eigenvalue weighted by Crippen LogP contribution is 2.25. The number of phenolic OH excluding ortho intramolecular Hbond substituents is 1. The summed E-state index contributed by atoms with van der Waals surface area (Å²) < 4.78 is 0. The summed E-state index contributed by atoms with van der Waals surface area (Å²) in [7, 11) is 0. The third-order valence-electron chi connectivity index (χ3n) is 2.46. The average Bonchev–Trinajstić information content (AvgIpc) is 2.50. The maximum atomic E-state index is 11.6. The number of pyridine rings is 1. The van der Waals surface area contributed by atoms with Gasteiger partial charge in [-0.25, -0.2) is 10.4 Å². The second-order valence-corrected chi connectivity index (χ2v) is 5.89. The molecule has 5 nitrogen and oxygen atoms in total. The van der Waals surface area contributed by atoms with Crippen molar-refractivity contribution >= 4 is 47.1 Å². The fourth-order valence-corrected chi connectivity index (χ4v) is 2.41. The zero-order valence-corrected chi connectivity index (χ0v) is 13.5. The molecule has 2 rings (SSSR count). The zero-order chi connectivity index (χ0) is 15.9. The quantitative estimate of drug-likeness (QED) is 0.490. The van der Waals surface area contributed by atoms with Crippen LogP contribution in [0.25, 0.3) is 0 Å². The zero-order valence-electron chi connectivity index (χ0n) is 11.2. The van der Waals surface area contributed by atoms with E-state index in [4.69, 9.17) is 23.2 Å². The number of benzene rings is 1. The Bertz CT molecular complexity index is 710. The number of nitrogens with zero attached hydrogens (tertiary/aromatic N) is 2. The van der Waals surface area contributed by atoms with E-state index in [0.29, 0.717) is 20.6 Å². The van der Waals surface area contributed by atoms with Gasteiger partial charge in [0, 0.05) is 11.8 Å². The normalized spacial score (nSPS) is 10.8. The van der Waals surface area contributed by atoms with E-state index in [1.807, 2.05) is 0 Å². The smallest absolute Gasteiger partial charge is 0.250 e. The SMILES string of the molecule is O=C(CSc1cc(Cl)c(Cl)cn1)NN=Cc1ccccc1O. The van der Waals surface area contributed by atoms with Crippen LogP contribution in [-0.2, 0) is 4.79 Å². The van der Waals surface area contributed by atoms with Crippen LogP contribution in [0.3, 0.4) is 0 Å². The van der Waals surface area contributed by atoms with Crippen LogP contribution < -0.4 is 5.43 Å². The molecular weight excluding hydrogens is 345 g/mol. The highest BCUT2D eigenvalue weighted by molar-refractivity contribution is 7.99. The van der Waals surface area contributed by atoms with E-state index in [-0.39, 0.29) is 17.4 Å². The lowest BCUT2D eigenvalue weighted by Crippen LogP contribution is -2.19. The van der Waals surface area contributed by atoms with Crippen molar-refractivity contribution < 1.29 is 9.90 Å². The van der Waals surface area contributed by atoms with Gasteiger partial charge >= 0.3 is 0 Å². The van der Waals surface area contributed by atoms with Gasteiger partial charge in [0.2, 0.25) is 5.91 Å². The summed E-state index contributed by atoms with van der Waals surface area (Å²) in [5, 5.41) is 14.7. The van der Waals surface area contributed by atoms with Crippen molar-refractivity contribution in [2.24, 2.45) is 5.10 Å². The third kappa shape index (κ3) is 4.91. The molecule has 114 valence electrons. The minimum Gasteiger partial charge on any atom is -0.507 e. The molecule has 0 aliphatic carbocycles. The van der Waals surface area contributed by atoms with Crippen molar-refractivity contribution in [1.29, 1.82) is 0 Å². The van der Waals surface area contributed by atoms with Crippen molar-refractivity contribution in [3.05, 3.63) is 52.1 Å². The maximum absolute atomic E-state index is 11.6. The highest BCUT2D eigenvalue weighted by Gasteiger charge is 2.05. The number of para-hydroxylation sites is 1. The van der Waals surface area contributed by atoms with E-state index < -0.39 is 0 Å². The van der Waals surface area contributed by atoms with Crippen LogP contribution in [0, 0.1) is 0 Å². The standard InChI is InChI=1S/C14H11Cl2N3O2S/c15-10-5-14(17-7-11(10)16)22-8-13(21)19-18-6-9-3-1-2-4-12(9)20/h1-7,20H,8H2,(H,19,21). The number of aromatic nitrogens is 1. The Balaban J connectivity index is 1.83. The van der Waals surface area contributed by atoms with Crippen LogP contribution in [0.1, 0.15) is 5.56 Å². The van der Waals surface area contributed by atoms with E-state index in [9.17, 15) is 9.90 Å². The van der Waals surface area contributed by atoms with Crippen molar-refractivity contribution in [1.82, 2.24) is 10.4 Å². The van der Waals surface area contributed by atoms with Crippen LogP contribution in [0.15, 0.2) is 46.7 Å². The first-order valence-corrected chi connectivity index (χ1v) is 7.84. The number of hydrazone groups is 1. The summed E-state index contributed by atoms with van der Waals surface area (Å²) in [5.74, 6) is -0.0808. The molecule has 2 aromatic rings. The molecule has 0 saturated carbocycles. The summed E-state index contributed by atoms with van der Waals surface area (Å²) in [6.45, 7) is 0. The number of aromatic hydroxyl groups is 1. The molecule has 1 amide bonds. The fraction of sp³-hybridized carbons (Fsp3) is 0.0714. The first-order chi connectivity index (χ1) is 10.6. The van der Waals surface area contributed by atoms with Gasteiger partial charge in [0.05, 0.1) is 27.0 Å². The van der Waals surface area contributed by atoms with E-state index in [1.54, 1.807) is 24.3 Å². The van der Waals surface area contributed by atoms with Gasteiger partial charge in [0.15, 0.2) is 0 Å². The second kappa shape index (κ2) is 8.03. The summed E-state index contributed by atoms with van der Waals surface area (Å²) in [4.78, 5) is 15.7. The largest absolute Gasteiger partial charge is 0.507 e. The van der Waals surface area contributed by atoms with E-state index in [0.717, 1.165) is 0 Å². The molecule has 0 bridgehead atoms. The molecule has 0 fully saturated rings. The molecule has 0 aliphatic rings. The van der Waals surface area contributed by atoms with E-state index >= 15 is 0 Å². The van der Waals surface area contributed by atoms with Gasteiger partial charge in [-0.1, -0.05) is 47.1 Å². The van der Waals surface area contributed by atoms with Crippen LogP contribution in [0.2, 0.25) is 10.0 Å². The first kappa shape index (κ1) is 16.6. The van der Waals surface area contributed by atoms with E-state index in [1.165, 1.54) is 30.2 Å². The Hall–Kier alpha value is -1.76.